The molecular formula is C26H27N5O5. The van der Waals surface area contributed by atoms with Crippen molar-refractivity contribution in [3.05, 3.63) is 65.6 Å². The van der Waals surface area contributed by atoms with Crippen molar-refractivity contribution in [1.82, 2.24) is 19.2 Å². The number of anilines is 1. The molecule has 3 fully saturated rings. The van der Waals surface area contributed by atoms with Gasteiger partial charge < -0.3 is 14.2 Å². The average Bonchev–Trinajstić information content (AvgIpc) is 3.45. The Kier molecular flexibility index (Phi) is 5.40. The van der Waals surface area contributed by atoms with Crippen LogP contribution in [0.15, 0.2) is 48.8 Å². The molecule has 0 radical (unpaired) electrons. The second kappa shape index (κ2) is 8.63. The number of urea groups is 1. The van der Waals surface area contributed by atoms with Crippen LogP contribution in [-0.2, 0) is 16.1 Å². The number of carbonyl (C=O) groups excluding carboxylic acids is 3. The first-order chi connectivity index (χ1) is 17.4. The molecule has 1 aromatic carbocycles. The number of carbonyl (C=O) groups is 3. The summed E-state index contributed by atoms with van der Waals surface area (Å²) in [6, 6.07) is 10.5. The molecule has 1 saturated carbocycles. The van der Waals surface area contributed by atoms with Gasteiger partial charge in [0.15, 0.2) is 5.65 Å². The monoisotopic (exact) mass is 489 g/mol. The lowest BCUT2D eigenvalue weighted by atomic mass is 10.1. The topological polar surface area (TPSA) is 108 Å². The summed E-state index contributed by atoms with van der Waals surface area (Å²) in [5.74, 6) is 0.149. The number of ether oxygens (including phenoxy) is 1. The quantitative estimate of drug-likeness (QED) is 0.552. The standard InChI is InChI=1S/C26H27N5O5/c1-28-23(33)14-30(25(28)34)22-9-18(17-7-8-17)11-29-13-20(27-24(22)29)21-10-19(32)12-31(21)26(35)36-15-16-5-3-2-4-6-16/h2-6,9,11,13,17,19,21,32H,7-8,10,12,14-15H2,1H3/t19-,21+/m0/s1. The molecule has 1 aliphatic carbocycles. The van der Waals surface area contributed by atoms with Crippen molar-refractivity contribution in [3.8, 4) is 0 Å². The number of aliphatic hydroxyl groups is 1. The Labute approximate surface area is 207 Å². The third-order valence-corrected chi connectivity index (χ3v) is 7.16. The van der Waals surface area contributed by atoms with Gasteiger partial charge in [-0.3, -0.25) is 19.5 Å². The van der Waals surface area contributed by atoms with E-state index in [0.29, 0.717) is 29.4 Å². The Morgan fingerprint density at radius 1 is 1.17 bits per heavy atom. The number of likely N-dealkylation sites (tertiary alicyclic amines) is 1. The first kappa shape index (κ1) is 22.5. The van der Waals surface area contributed by atoms with Crippen molar-refractivity contribution >= 4 is 29.4 Å². The van der Waals surface area contributed by atoms with Crippen LogP contribution in [0.25, 0.3) is 5.65 Å². The van der Waals surface area contributed by atoms with Gasteiger partial charge in [-0.15, -0.1) is 0 Å². The average molecular weight is 490 g/mol. The highest BCUT2D eigenvalue weighted by Crippen LogP contribution is 2.43. The number of β-amino-alcohol motifs (C(OH)–C–C–N with tert-alkyl or cyclic N) is 1. The number of likely N-dealkylation sites (N-methyl/N-ethyl adjacent to an activating group) is 1. The minimum absolute atomic E-state index is 0.0403. The number of pyridine rings is 1. The molecule has 0 spiro atoms. The van der Waals surface area contributed by atoms with Crippen LogP contribution >= 0.6 is 0 Å². The van der Waals surface area contributed by atoms with Crippen molar-refractivity contribution in [3.63, 3.8) is 0 Å². The molecule has 2 aromatic heterocycles. The maximum atomic E-state index is 13.0. The maximum Gasteiger partial charge on any atom is 0.410 e. The minimum atomic E-state index is -0.697. The third kappa shape index (κ3) is 3.97. The van der Waals surface area contributed by atoms with E-state index in [1.165, 1.54) is 16.8 Å². The summed E-state index contributed by atoms with van der Waals surface area (Å²) in [6.45, 7) is 0.245. The second-order valence-corrected chi connectivity index (χ2v) is 9.75. The van der Waals surface area contributed by atoms with E-state index in [1.807, 2.05) is 53.2 Å². The van der Waals surface area contributed by atoms with Gasteiger partial charge in [0.25, 0.3) is 0 Å². The van der Waals surface area contributed by atoms with Gasteiger partial charge in [0, 0.05) is 25.9 Å². The predicted molar refractivity (Wildman–Crippen MR) is 129 cm³/mol. The van der Waals surface area contributed by atoms with Crippen LogP contribution in [0, 0.1) is 0 Å². The minimum Gasteiger partial charge on any atom is -0.445 e. The summed E-state index contributed by atoms with van der Waals surface area (Å²) >= 11 is 0. The fourth-order valence-corrected chi connectivity index (χ4v) is 5.00. The molecule has 3 aliphatic rings. The third-order valence-electron chi connectivity index (χ3n) is 7.16. The van der Waals surface area contributed by atoms with Crippen molar-refractivity contribution < 1.29 is 24.2 Å². The van der Waals surface area contributed by atoms with Crippen molar-refractivity contribution in [2.75, 3.05) is 25.0 Å². The molecule has 10 heteroatoms. The van der Waals surface area contributed by atoms with Crippen LogP contribution < -0.4 is 4.90 Å². The van der Waals surface area contributed by atoms with Crippen LogP contribution in [0.5, 0.6) is 0 Å². The molecule has 2 aliphatic heterocycles. The maximum absolute atomic E-state index is 13.0. The molecule has 2 atom stereocenters. The fraction of sp³-hybridized carbons (Fsp3) is 0.385. The normalized spacial score (nSPS) is 22.2. The SMILES string of the molecule is CN1C(=O)CN(c2cc(C3CC3)cn3cc([C@H]4C[C@H](O)CN4C(=O)OCc4ccccc4)nc23)C1=O. The zero-order chi connectivity index (χ0) is 25.0. The molecule has 6 rings (SSSR count). The summed E-state index contributed by atoms with van der Waals surface area (Å²) in [5.41, 5.74) is 3.67. The number of nitrogens with zero attached hydrogens (tertiary/aromatic N) is 5. The van der Waals surface area contributed by atoms with E-state index >= 15 is 0 Å². The van der Waals surface area contributed by atoms with Gasteiger partial charge in [-0.25, -0.2) is 14.6 Å². The molecule has 3 aromatic rings. The van der Waals surface area contributed by atoms with Gasteiger partial charge >= 0.3 is 12.1 Å². The Balaban J connectivity index is 1.32. The largest absolute Gasteiger partial charge is 0.445 e. The van der Waals surface area contributed by atoms with Crippen LogP contribution in [0.3, 0.4) is 0 Å². The first-order valence-corrected chi connectivity index (χ1v) is 12.1. The van der Waals surface area contributed by atoms with E-state index in [9.17, 15) is 19.5 Å². The Morgan fingerprint density at radius 3 is 2.64 bits per heavy atom. The molecule has 1 N–H and O–H groups in total. The van der Waals surface area contributed by atoms with Crippen molar-refractivity contribution in [2.45, 2.75) is 43.9 Å². The lowest BCUT2D eigenvalue weighted by molar-refractivity contribution is -0.123. The fourth-order valence-electron chi connectivity index (χ4n) is 5.00. The van der Waals surface area contributed by atoms with Gasteiger partial charge in [-0.2, -0.15) is 0 Å². The highest BCUT2D eigenvalue weighted by Gasteiger charge is 2.40. The molecule has 10 nitrogen and oxygen atoms in total. The van der Waals surface area contributed by atoms with Crippen molar-refractivity contribution in [1.29, 1.82) is 0 Å². The number of rotatable bonds is 5. The van der Waals surface area contributed by atoms with Crippen LogP contribution in [0.1, 0.15) is 48.0 Å². The van der Waals surface area contributed by atoms with Crippen LogP contribution in [-0.4, -0.2) is 68.6 Å². The second-order valence-electron chi connectivity index (χ2n) is 9.75. The summed E-state index contributed by atoms with van der Waals surface area (Å²) in [6.07, 6.45) is 5.12. The van der Waals surface area contributed by atoms with Crippen LogP contribution in [0.2, 0.25) is 0 Å². The van der Waals surface area contributed by atoms with Gasteiger partial charge in [0.1, 0.15) is 13.2 Å². The molecule has 0 unspecified atom stereocenters. The summed E-state index contributed by atoms with van der Waals surface area (Å²) in [4.78, 5) is 46.9. The number of imidazole rings is 1. The number of benzene rings is 1. The summed E-state index contributed by atoms with van der Waals surface area (Å²) in [5, 5.41) is 10.4. The van der Waals surface area contributed by atoms with E-state index in [4.69, 9.17) is 9.72 Å². The Bertz CT molecular complexity index is 1350. The number of hydrogen-bond donors (Lipinski definition) is 1. The van der Waals surface area contributed by atoms with E-state index in [1.54, 1.807) is 0 Å². The smallest absolute Gasteiger partial charge is 0.410 e. The highest BCUT2D eigenvalue weighted by molar-refractivity contribution is 6.13. The molecular weight excluding hydrogens is 462 g/mol. The molecule has 4 amide bonds. The van der Waals surface area contributed by atoms with Gasteiger partial charge in [0.05, 0.1) is 30.1 Å². The summed E-state index contributed by atoms with van der Waals surface area (Å²) in [7, 11) is 1.47. The van der Waals surface area contributed by atoms with E-state index in [-0.39, 0.29) is 31.6 Å². The van der Waals surface area contributed by atoms with E-state index in [0.717, 1.165) is 28.9 Å². The number of amides is 4. The number of aliphatic hydroxyl groups excluding tert-OH is 1. The molecule has 186 valence electrons. The zero-order valence-electron chi connectivity index (χ0n) is 19.9. The molecule has 36 heavy (non-hydrogen) atoms. The van der Waals surface area contributed by atoms with E-state index in [2.05, 4.69) is 0 Å². The van der Waals surface area contributed by atoms with Gasteiger partial charge in [-0.1, -0.05) is 30.3 Å². The number of imide groups is 1. The lowest BCUT2D eigenvalue weighted by Crippen LogP contribution is -2.32. The zero-order valence-corrected chi connectivity index (χ0v) is 19.9. The lowest BCUT2D eigenvalue weighted by Gasteiger charge is -2.22. The number of hydrogen-bond acceptors (Lipinski definition) is 6. The Hall–Kier alpha value is -3.92. The number of fused-ring (bicyclic) bond motifs is 1. The highest BCUT2D eigenvalue weighted by atomic mass is 16.6. The molecule has 2 saturated heterocycles. The molecule has 0 bridgehead atoms. The van der Waals surface area contributed by atoms with Gasteiger partial charge in [0.2, 0.25) is 5.91 Å². The number of aromatic nitrogens is 2. The van der Waals surface area contributed by atoms with E-state index < -0.39 is 18.2 Å². The summed E-state index contributed by atoms with van der Waals surface area (Å²) < 4.78 is 7.40. The van der Waals surface area contributed by atoms with Crippen LogP contribution in [0.4, 0.5) is 15.3 Å². The first-order valence-electron chi connectivity index (χ1n) is 12.1. The molecule has 4 heterocycles. The van der Waals surface area contributed by atoms with Gasteiger partial charge in [-0.05, 0) is 36.0 Å². The predicted octanol–water partition coefficient (Wildman–Crippen LogP) is 3.05. The van der Waals surface area contributed by atoms with Crippen molar-refractivity contribution in [2.24, 2.45) is 0 Å². The Morgan fingerprint density at radius 2 is 1.94 bits per heavy atom.